The van der Waals surface area contributed by atoms with Gasteiger partial charge in [-0.3, -0.25) is 19.7 Å². The van der Waals surface area contributed by atoms with Gasteiger partial charge in [0.1, 0.15) is 5.69 Å². The van der Waals surface area contributed by atoms with Crippen LogP contribution in [0.25, 0.3) is 0 Å². The van der Waals surface area contributed by atoms with E-state index in [0.717, 1.165) is 0 Å². The summed E-state index contributed by atoms with van der Waals surface area (Å²) in [6.07, 6.45) is -0.387. The highest BCUT2D eigenvalue weighted by Crippen LogP contribution is 2.23. The lowest BCUT2D eigenvalue weighted by atomic mass is 10.2. The van der Waals surface area contributed by atoms with Crippen LogP contribution in [0.5, 0.6) is 0 Å². The first-order valence-corrected chi connectivity index (χ1v) is 8.89. The van der Waals surface area contributed by atoms with E-state index in [4.69, 9.17) is 4.74 Å². The molecule has 2 rings (SSSR count). The summed E-state index contributed by atoms with van der Waals surface area (Å²) in [5.74, 6) is -0.816. The highest BCUT2D eigenvalue weighted by molar-refractivity contribution is 5.96. The van der Waals surface area contributed by atoms with Crippen LogP contribution < -0.4 is 10.2 Å². The van der Waals surface area contributed by atoms with Gasteiger partial charge in [-0.15, -0.1) is 0 Å². The van der Waals surface area contributed by atoms with Crippen LogP contribution in [0, 0.1) is 10.1 Å². The lowest BCUT2D eigenvalue weighted by Crippen LogP contribution is -2.37. The van der Waals surface area contributed by atoms with Gasteiger partial charge in [-0.1, -0.05) is 30.3 Å². The summed E-state index contributed by atoms with van der Waals surface area (Å²) in [6.45, 7) is 1.90. The predicted octanol–water partition coefficient (Wildman–Crippen LogP) is 3.38. The molecular formula is C20H23N3O5. The Bertz CT molecular complexity index is 826. The van der Waals surface area contributed by atoms with Crippen molar-refractivity contribution in [3.63, 3.8) is 0 Å². The molecule has 0 aliphatic carbocycles. The Kier molecular flexibility index (Phi) is 7.50. The number of nitrogens with zero attached hydrogens (tertiary/aromatic N) is 2. The first kappa shape index (κ1) is 20.9. The molecule has 0 aliphatic heterocycles. The molecule has 8 heteroatoms. The molecule has 1 amide bonds. The van der Waals surface area contributed by atoms with Crippen LogP contribution in [0.4, 0.5) is 17.1 Å². The van der Waals surface area contributed by atoms with Crippen LogP contribution in [0.2, 0.25) is 0 Å². The molecule has 0 aliphatic rings. The van der Waals surface area contributed by atoms with Gasteiger partial charge >= 0.3 is 5.97 Å². The maximum Gasteiger partial charge on any atom is 0.306 e. The molecule has 8 nitrogen and oxygen atoms in total. The fourth-order valence-corrected chi connectivity index (χ4v) is 2.60. The molecule has 0 saturated carbocycles. The second kappa shape index (κ2) is 10.1. The standard InChI is InChI=1S/C20H23N3O5/c1-15(20(25)22(2)16-9-4-3-5-10-16)28-19(24)13-8-14-21-17-11-6-7-12-18(17)23(26)27/h3-7,9-12,15,21H,8,13-14H2,1-2H3/t15-/m1/s1. The Morgan fingerprint density at radius 2 is 1.79 bits per heavy atom. The maximum atomic E-state index is 12.4. The Morgan fingerprint density at radius 3 is 2.46 bits per heavy atom. The number of ether oxygens (including phenoxy) is 1. The van der Waals surface area contributed by atoms with Crippen LogP contribution in [0.15, 0.2) is 54.6 Å². The van der Waals surface area contributed by atoms with E-state index < -0.39 is 17.0 Å². The van der Waals surface area contributed by atoms with Gasteiger partial charge in [-0.2, -0.15) is 0 Å². The molecule has 0 radical (unpaired) electrons. The number of nitrogens with one attached hydrogen (secondary N) is 1. The lowest BCUT2D eigenvalue weighted by Gasteiger charge is -2.21. The molecule has 0 heterocycles. The summed E-state index contributed by atoms with van der Waals surface area (Å²) < 4.78 is 5.20. The summed E-state index contributed by atoms with van der Waals surface area (Å²) in [5, 5.41) is 13.9. The highest BCUT2D eigenvalue weighted by atomic mass is 16.6. The number of rotatable bonds is 9. The van der Waals surface area contributed by atoms with Gasteiger partial charge in [-0.25, -0.2) is 0 Å². The lowest BCUT2D eigenvalue weighted by molar-refractivity contribution is -0.384. The van der Waals surface area contributed by atoms with Crippen molar-refractivity contribution in [3.8, 4) is 0 Å². The number of para-hydroxylation sites is 3. The first-order valence-electron chi connectivity index (χ1n) is 8.89. The number of carbonyl (C=O) groups is 2. The summed E-state index contributed by atoms with van der Waals surface area (Å²) in [6, 6.07) is 15.4. The van der Waals surface area contributed by atoms with E-state index in [2.05, 4.69) is 5.32 Å². The Labute approximate surface area is 163 Å². The maximum absolute atomic E-state index is 12.4. The minimum Gasteiger partial charge on any atom is -0.453 e. The summed E-state index contributed by atoms with van der Waals surface area (Å²) in [7, 11) is 1.62. The fourth-order valence-electron chi connectivity index (χ4n) is 2.60. The van der Waals surface area contributed by atoms with E-state index in [1.165, 1.54) is 17.9 Å². The van der Waals surface area contributed by atoms with Crippen molar-refractivity contribution in [2.24, 2.45) is 0 Å². The molecule has 0 bridgehead atoms. The number of carbonyl (C=O) groups excluding carboxylic acids is 2. The number of nitro groups is 1. The molecule has 0 spiro atoms. The first-order chi connectivity index (χ1) is 13.4. The molecule has 0 fully saturated rings. The number of hydrogen-bond donors (Lipinski definition) is 1. The van der Waals surface area contributed by atoms with Crippen molar-refractivity contribution in [1.29, 1.82) is 0 Å². The average Bonchev–Trinajstić information content (AvgIpc) is 2.70. The van der Waals surface area contributed by atoms with Gasteiger partial charge in [-0.05, 0) is 31.5 Å². The van der Waals surface area contributed by atoms with Crippen LogP contribution in [0.3, 0.4) is 0 Å². The highest BCUT2D eigenvalue weighted by Gasteiger charge is 2.22. The monoisotopic (exact) mass is 385 g/mol. The second-order valence-corrected chi connectivity index (χ2v) is 6.17. The summed E-state index contributed by atoms with van der Waals surface area (Å²) >= 11 is 0. The third-order valence-corrected chi connectivity index (χ3v) is 4.10. The van der Waals surface area contributed by atoms with Crippen LogP contribution in [-0.4, -0.2) is 36.5 Å². The van der Waals surface area contributed by atoms with Crippen molar-refractivity contribution >= 4 is 28.9 Å². The largest absolute Gasteiger partial charge is 0.453 e. The minimum absolute atomic E-state index is 0.0201. The van der Waals surface area contributed by atoms with Crippen molar-refractivity contribution in [2.75, 3.05) is 23.8 Å². The minimum atomic E-state index is -0.902. The predicted molar refractivity (Wildman–Crippen MR) is 106 cm³/mol. The number of anilines is 2. The normalized spacial score (nSPS) is 11.4. The van der Waals surface area contributed by atoms with Crippen molar-refractivity contribution in [2.45, 2.75) is 25.9 Å². The number of benzene rings is 2. The number of amides is 1. The third-order valence-electron chi connectivity index (χ3n) is 4.10. The molecule has 0 aromatic heterocycles. The number of likely N-dealkylation sites (N-methyl/N-ethyl adjacent to an activating group) is 1. The second-order valence-electron chi connectivity index (χ2n) is 6.17. The van der Waals surface area contributed by atoms with Gasteiger partial charge in [0.25, 0.3) is 11.6 Å². The van der Waals surface area contributed by atoms with E-state index in [9.17, 15) is 19.7 Å². The van der Waals surface area contributed by atoms with Gasteiger partial charge in [0.15, 0.2) is 6.10 Å². The fraction of sp³-hybridized carbons (Fsp3) is 0.300. The zero-order valence-electron chi connectivity index (χ0n) is 15.8. The van der Waals surface area contributed by atoms with E-state index in [-0.39, 0.29) is 18.0 Å². The van der Waals surface area contributed by atoms with Gasteiger partial charge in [0.05, 0.1) is 4.92 Å². The molecule has 2 aromatic rings. The third kappa shape index (κ3) is 5.80. The average molecular weight is 385 g/mol. The molecule has 148 valence electrons. The van der Waals surface area contributed by atoms with Crippen molar-refractivity contribution in [1.82, 2.24) is 0 Å². The molecule has 0 unspecified atom stereocenters. The van der Waals surface area contributed by atoms with Crippen LogP contribution >= 0.6 is 0 Å². The smallest absolute Gasteiger partial charge is 0.306 e. The number of esters is 1. The zero-order valence-corrected chi connectivity index (χ0v) is 15.8. The van der Waals surface area contributed by atoms with E-state index in [1.807, 2.05) is 18.2 Å². The molecule has 1 atom stereocenters. The molecule has 2 aromatic carbocycles. The Hall–Kier alpha value is -3.42. The number of nitro benzene ring substituents is 1. The van der Waals surface area contributed by atoms with Crippen LogP contribution in [-0.2, 0) is 14.3 Å². The van der Waals surface area contributed by atoms with E-state index in [1.54, 1.807) is 37.4 Å². The topological polar surface area (TPSA) is 102 Å². The SMILES string of the molecule is C[C@@H](OC(=O)CCCNc1ccccc1[N+](=O)[O-])C(=O)N(C)c1ccccc1. The molecule has 28 heavy (non-hydrogen) atoms. The van der Waals surface area contributed by atoms with Gasteiger partial charge in [0, 0.05) is 31.8 Å². The molecular weight excluding hydrogens is 362 g/mol. The van der Waals surface area contributed by atoms with E-state index in [0.29, 0.717) is 24.3 Å². The zero-order chi connectivity index (χ0) is 20.5. The van der Waals surface area contributed by atoms with Crippen LogP contribution in [0.1, 0.15) is 19.8 Å². The summed E-state index contributed by atoms with van der Waals surface area (Å²) in [4.78, 5) is 36.3. The number of hydrogen-bond acceptors (Lipinski definition) is 6. The Morgan fingerprint density at radius 1 is 1.14 bits per heavy atom. The Balaban J connectivity index is 1.76. The summed E-state index contributed by atoms with van der Waals surface area (Å²) in [5.41, 5.74) is 1.09. The van der Waals surface area contributed by atoms with E-state index >= 15 is 0 Å². The molecule has 0 saturated heterocycles. The van der Waals surface area contributed by atoms with Gasteiger partial charge < -0.3 is 15.0 Å². The van der Waals surface area contributed by atoms with Crippen molar-refractivity contribution in [3.05, 3.63) is 64.7 Å². The quantitative estimate of drug-likeness (QED) is 0.307. The van der Waals surface area contributed by atoms with Gasteiger partial charge in [0.2, 0.25) is 0 Å². The molecule has 1 N–H and O–H groups in total. The van der Waals surface area contributed by atoms with Crippen molar-refractivity contribution < 1.29 is 19.2 Å².